The molecule has 0 radical (unpaired) electrons. The summed E-state index contributed by atoms with van der Waals surface area (Å²) in [5, 5.41) is 12.4. The van der Waals surface area contributed by atoms with E-state index in [0.717, 1.165) is 12.1 Å². The maximum absolute atomic E-state index is 13.3. The predicted octanol–water partition coefficient (Wildman–Crippen LogP) is 2.95. The highest BCUT2D eigenvalue weighted by molar-refractivity contribution is 5.45. The molecule has 0 bridgehead atoms. The summed E-state index contributed by atoms with van der Waals surface area (Å²) in [7, 11) is 0. The van der Waals surface area contributed by atoms with Crippen LogP contribution < -0.4 is 5.32 Å². The van der Waals surface area contributed by atoms with Gasteiger partial charge in [0.05, 0.1) is 6.61 Å². The van der Waals surface area contributed by atoms with Crippen LogP contribution in [-0.4, -0.2) is 18.3 Å². The van der Waals surface area contributed by atoms with Gasteiger partial charge in [0.15, 0.2) is 0 Å². The number of benzene rings is 1. The number of hydrogen-bond donors (Lipinski definition) is 2. The number of halogens is 1. The van der Waals surface area contributed by atoms with Crippen LogP contribution in [0.2, 0.25) is 0 Å². The Kier molecular flexibility index (Phi) is 4.30. The van der Waals surface area contributed by atoms with Crippen molar-refractivity contribution in [1.82, 2.24) is 0 Å². The van der Waals surface area contributed by atoms with Gasteiger partial charge in [0.2, 0.25) is 0 Å². The maximum atomic E-state index is 13.3. The Morgan fingerprint density at radius 2 is 2.12 bits per heavy atom. The standard InChI is InChI=1S/C13H20FNO/c1-4-13(3,9-16)8-15-11-6-5-10(2)12(14)7-11/h5-7,15-16H,4,8-9H2,1-3H3. The summed E-state index contributed by atoms with van der Waals surface area (Å²) in [4.78, 5) is 0. The van der Waals surface area contributed by atoms with Gasteiger partial charge in [-0.1, -0.05) is 19.9 Å². The smallest absolute Gasteiger partial charge is 0.128 e. The molecule has 0 saturated carbocycles. The first-order valence-electron chi connectivity index (χ1n) is 5.61. The third kappa shape index (κ3) is 3.20. The number of anilines is 1. The van der Waals surface area contributed by atoms with Gasteiger partial charge in [-0.15, -0.1) is 0 Å². The van der Waals surface area contributed by atoms with Crippen LogP contribution in [0.3, 0.4) is 0 Å². The highest BCUT2D eigenvalue weighted by atomic mass is 19.1. The molecule has 1 unspecified atom stereocenters. The fraction of sp³-hybridized carbons (Fsp3) is 0.538. The Balaban J connectivity index is 2.64. The first-order valence-corrected chi connectivity index (χ1v) is 5.61. The lowest BCUT2D eigenvalue weighted by Crippen LogP contribution is -2.29. The van der Waals surface area contributed by atoms with Gasteiger partial charge in [0.1, 0.15) is 5.82 Å². The Hall–Kier alpha value is -1.09. The van der Waals surface area contributed by atoms with Gasteiger partial charge in [-0.25, -0.2) is 4.39 Å². The Bertz CT molecular complexity index is 348. The molecule has 2 N–H and O–H groups in total. The van der Waals surface area contributed by atoms with E-state index in [4.69, 9.17) is 0 Å². The molecular weight excluding hydrogens is 205 g/mol. The van der Waals surface area contributed by atoms with Gasteiger partial charge in [-0.3, -0.25) is 0 Å². The van der Waals surface area contributed by atoms with E-state index in [2.05, 4.69) is 5.32 Å². The Morgan fingerprint density at radius 1 is 1.44 bits per heavy atom. The van der Waals surface area contributed by atoms with Crippen LogP contribution in [-0.2, 0) is 0 Å². The van der Waals surface area contributed by atoms with Crippen LogP contribution in [0, 0.1) is 18.2 Å². The van der Waals surface area contributed by atoms with E-state index in [-0.39, 0.29) is 17.8 Å². The number of aliphatic hydroxyl groups is 1. The minimum Gasteiger partial charge on any atom is -0.396 e. The van der Waals surface area contributed by atoms with Crippen molar-refractivity contribution in [2.75, 3.05) is 18.5 Å². The second-order valence-corrected chi connectivity index (χ2v) is 4.64. The molecule has 16 heavy (non-hydrogen) atoms. The topological polar surface area (TPSA) is 32.3 Å². The van der Waals surface area contributed by atoms with Crippen molar-refractivity contribution in [1.29, 1.82) is 0 Å². The van der Waals surface area contributed by atoms with E-state index in [9.17, 15) is 9.50 Å². The summed E-state index contributed by atoms with van der Waals surface area (Å²) in [6, 6.07) is 5.09. The van der Waals surface area contributed by atoms with Gasteiger partial charge in [0, 0.05) is 17.6 Å². The molecule has 0 aliphatic rings. The average molecular weight is 225 g/mol. The monoisotopic (exact) mass is 225 g/mol. The lowest BCUT2D eigenvalue weighted by atomic mass is 9.88. The predicted molar refractivity (Wildman–Crippen MR) is 65.1 cm³/mol. The number of aliphatic hydroxyl groups excluding tert-OH is 1. The minimum absolute atomic E-state index is 0.130. The van der Waals surface area contributed by atoms with Crippen LogP contribution in [0.4, 0.5) is 10.1 Å². The van der Waals surface area contributed by atoms with Gasteiger partial charge in [-0.05, 0) is 31.0 Å². The SMILES string of the molecule is CCC(C)(CO)CNc1ccc(C)c(F)c1. The molecule has 2 nitrogen and oxygen atoms in total. The Labute approximate surface area is 96.5 Å². The highest BCUT2D eigenvalue weighted by Crippen LogP contribution is 2.21. The summed E-state index contributed by atoms with van der Waals surface area (Å²) in [6.45, 7) is 6.55. The number of aryl methyl sites for hydroxylation is 1. The fourth-order valence-corrected chi connectivity index (χ4v) is 1.31. The lowest BCUT2D eigenvalue weighted by Gasteiger charge is -2.26. The van der Waals surface area contributed by atoms with Crippen LogP contribution in [0.1, 0.15) is 25.8 Å². The van der Waals surface area contributed by atoms with Gasteiger partial charge < -0.3 is 10.4 Å². The minimum atomic E-state index is -0.202. The zero-order valence-corrected chi connectivity index (χ0v) is 10.2. The summed E-state index contributed by atoms with van der Waals surface area (Å²) in [6.07, 6.45) is 0.880. The molecule has 1 aromatic rings. The molecular formula is C13H20FNO. The second-order valence-electron chi connectivity index (χ2n) is 4.64. The number of nitrogens with one attached hydrogen (secondary N) is 1. The molecule has 0 aromatic heterocycles. The molecule has 1 atom stereocenters. The lowest BCUT2D eigenvalue weighted by molar-refractivity contribution is 0.149. The summed E-state index contributed by atoms with van der Waals surface area (Å²) in [5.41, 5.74) is 1.25. The molecule has 1 aromatic carbocycles. The largest absolute Gasteiger partial charge is 0.396 e. The molecule has 1 rings (SSSR count). The van der Waals surface area contributed by atoms with Crippen molar-refractivity contribution in [3.8, 4) is 0 Å². The molecule has 0 aliphatic carbocycles. The molecule has 0 heterocycles. The van der Waals surface area contributed by atoms with E-state index in [1.54, 1.807) is 13.0 Å². The van der Waals surface area contributed by atoms with Crippen LogP contribution in [0.15, 0.2) is 18.2 Å². The molecule has 90 valence electrons. The van der Waals surface area contributed by atoms with Crippen molar-refractivity contribution in [2.45, 2.75) is 27.2 Å². The van der Waals surface area contributed by atoms with E-state index in [1.165, 1.54) is 6.07 Å². The molecule has 0 fully saturated rings. The number of rotatable bonds is 5. The van der Waals surface area contributed by atoms with Crippen molar-refractivity contribution < 1.29 is 9.50 Å². The first-order chi connectivity index (χ1) is 7.50. The van der Waals surface area contributed by atoms with E-state index in [1.807, 2.05) is 19.9 Å². The second kappa shape index (κ2) is 5.30. The van der Waals surface area contributed by atoms with Crippen molar-refractivity contribution in [2.24, 2.45) is 5.41 Å². The van der Waals surface area contributed by atoms with Crippen LogP contribution in [0.25, 0.3) is 0 Å². The molecule has 0 amide bonds. The van der Waals surface area contributed by atoms with Crippen molar-refractivity contribution in [3.63, 3.8) is 0 Å². The normalized spacial score (nSPS) is 14.6. The zero-order chi connectivity index (χ0) is 12.2. The third-order valence-corrected chi connectivity index (χ3v) is 3.13. The molecule has 0 saturated heterocycles. The average Bonchev–Trinajstić information content (AvgIpc) is 2.30. The van der Waals surface area contributed by atoms with Crippen molar-refractivity contribution >= 4 is 5.69 Å². The quantitative estimate of drug-likeness (QED) is 0.807. The van der Waals surface area contributed by atoms with E-state index >= 15 is 0 Å². The Morgan fingerprint density at radius 3 is 2.62 bits per heavy atom. The van der Waals surface area contributed by atoms with Crippen LogP contribution >= 0.6 is 0 Å². The summed E-state index contributed by atoms with van der Waals surface area (Å²) >= 11 is 0. The zero-order valence-electron chi connectivity index (χ0n) is 10.2. The van der Waals surface area contributed by atoms with E-state index < -0.39 is 0 Å². The first kappa shape index (κ1) is 13.0. The third-order valence-electron chi connectivity index (χ3n) is 3.13. The van der Waals surface area contributed by atoms with Gasteiger partial charge in [0.25, 0.3) is 0 Å². The highest BCUT2D eigenvalue weighted by Gasteiger charge is 2.20. The van der Waals surface area contributed by atoms with Crippen molar-refractivity contribution in [3.05, 3.63) is 29.6 Å². The molecule has 0 aliphatic heterocycles. The molecule has 3 heteroatoms. The summed E-state index contributed by atoms with van der Waals surface area (Å²) < 4.78 is 13.3. The van der Waals surface area contributed by atoms with E-state index in [0.29, 0.717) is 12.1 Å². The summed E-state index contributed by atoms with van der Waals surface area (Å²) in [5.74, 6) is -0.202. The maximum Gasteiger partial charge on any atom is 0.128 e. The van der Waals surface area contributed by atoms with Gasteiger partial charge in [-0.2, -0.15) is 0 Å². The van der Waals surface area contributed by atoms with Gasteiger partial charge >= 0.3 is 0 Å². The fourth-order valence-electron chi connectivity index (χ4n) is 1.31. The van der Waals surface area contributed by atoms with Crippen LogP contribution in [0.5, 0.6) is 0 Å². The number of hydrogen-bond acceptors (Lipinski definition) is 2. The molecule has 0 spiro atoms.